The summed E-state index contributed by atoms with van der Waals surface area (Å²) in [6.07, 6.45) is 5.31. The van der Waals surface area contributed by atoms with Crippen molar-refractivity contribution in [2.45, 2.75) is 19.3 Å². The van der Waals surface area contributed by atoms with Gasteiger partial charge in [-0.15, -0.1) is 0 Å². The fourth-order valence-electron chi connectivity index (χ4n) is 3.81. The van der Waals surface area contributed by atoms with Crippen LogP contribution in [0.4, 0.5) is 5.69 Å². The third kappa shape index (κ3) is 6.79. The van der Waals surface area contributed by atoms with E-state index in [2.05, 4.69) is 34.5 Å². The Morgan fingerprint density at radius 3 is 2.62 bits per heavy atom. The van der Waals surface area contributed by atoms with Gasteiger partial charge in [0.25, 0.3) is 5.91 Å². The monoisotopic (exact) mass is 437 g/mol. The maximum atomic E-state index is 12.4. The number of nitrogens with zero attached hydrogens (tertiary/aromatic N) is 2. The quantitative estimate of drug-likeness (QED) is 0.319. The number of nitrogens with one attached hydrogen (secondary N) is 1. The Morgan fingerprint density at radius 2 is 1.88 bits per heavy atom. The predicted octanol–water partition coefficient (Wildman–Crippen LogP) is 2.88. The molecule has 0 atom stereocenters. The molecule has 0 bridgehead atoms. The van der Waals surface area contributed by atoms with Gasteiger partial charge in [-0.1, -0.05) is 24.3 Å². The zero-order valence-electron chi connectivity index (χ0n) is 18.4. The molecule has 3 rings (SSSR count). The fourth-order valence-corrected chi connectivity index (χ4v) is 3.81. The van der Waals surface area contributed by atoms with Crippen LogP contribution in [0.3, 0.4) is 0 Å². The first-order valence-corrected chi connectivity index (χ1v) is 11.2. The lowest BCUT2D eigenvalue weighted by Crippen LogP contribution is -2.29. The van der Waals surface area contributed by atoms with Crippen molar-refractivity contribution in [3.05, 3.63) is 47.5 Å². The third-order valence-electron chi connectivity index (χ3n) is 5.40. The van der Waals surface area contributed by atoms with Crippen molar-refractivity contribution < 1.29 is 19.4 Å². The number of fused-ring (bicyclic) bond motifs is 1. The van der Waals surface area contributed by atoms with Gasteiger partial charge < -0.3 is 24.8 Å². The summed E-state index contributed by atoms with van der Waals surface area (Å²) in [4.78, 5) is 14.8. The maximum Gasteiger partial charge on any atom is 0.262 e. The molecule has 2 aromatic carbocycles. The normalized spacial score (nSPS) is 14.4. The molecule has 0 aliphatic carbocycles. The molecule has 0 saturated carbocycles. The van der Waals surface area contributed by atoms with Crippen LogP contribution >= 0.6 is 0 Å². The summed E-state index contributed by atoms with van der Waals surface area (Å²) in [6.45, 7) is 3.77. The number of nitriles is 1. The van der Waals surface area contributed by atoms with E-state index in [-0.39, 0.29) is 18.8 Å². The van der Waals surface area contributed by atoms with Crippen LogP contribution in [0.2, 0.25) is 0 Å². The highest BCUT2D eigenvalue weighted by Gasteiger charge is 2.14. The van der Waals surface area contributed by atoms with E-state index in [0.29, 0.717) is 26.4 Å². The summed E-state index contributed by atoms with van der Waals surface area (Å²) in [5.74, 6) is -0.419. The SMILES string of the molecule is N#C/C(=C\c1ccc2cccc(N3CCCCC3)c2c1)C(=O)NCCOCCOCCO. The van der Waals surface area contributed by atoms with Crippen LogP contribution in [0.1, 0.15) is 24.8 Å². The summed E-state index contributed by atoms with van der Waals surface area (Å²) in [5, 5.41) is 23.1. The minimum absolute atomic E-state index is 0.0178. The molecule has 7 nitrogen and oxygen atoms in total. The number of hydrogen-bond acceptors (Lipinski definition) is 6. The van der Waals surface area contributed by atoms with Gasteiger partial charge >= 0.3 is 0 Å². The largest absolute Gasteiger partial charge is 0.394 e. The highest BCUT2D eigenvalue weighted by atomic mass is 16.5. The lowest BCUT2D eigenvalue weighted by Gasteiger charge is -2.30. The van der Waals surface area contributed by atoms with Crippen LogP contribution < -0.4 is 10.2 Å². The van der Waals surface area contributed by atoms with Crippen LogP contribution in [0.15, 0.2) is 42.0 Å². The van der Waals surface area contributed by atoms with Gasteiger partial charge in [0.2, 0.25) is 0 Å². The first kappa shape index (κ1) is 23.7. The van der Waals surface area contributed by atoms with Crippen LogP contribution in [0.5, 0.6) is 0 Å². The molecule has 1 heterocycles. The average molecular weight is 438 g/mol. The molecule has 1 saturated heterocycles. The summed E-state index contributed by atoms with van der Waals surface area (Å²) < 4.78 is 10.4. The Morgan fingerprint density at radius 1 is 1.09 bits per heavy atom. The molecule has 0 radical (unpaired) electrons. The molecule has 0 aromatic heterocycles. The molecule has 7 heteroatoms. The first-order chi connectivity index (χ1) is 15.7. The number of hydrogen-bond donors (Lipinski definition) is 2. The van der Waals surface area contributed by atoms with Gasteiger partial charge in [-0.25, -0.2) is 0 Å². The number of piperidine rings is 1. The molecule has 32 heavy (non-hydrogen) atoms. The highest BCUT2D eigenvalue weighted by Crippen LogP contribution is 2.30. The van der Waals surface area contributed by atoms with E-state index < -0.39 is 5.91 Å². The van der Waals surface area contributed by atoms with Crippen molar-refractivity contribution in [2.24, 2.45) is 0 Å². The molecule has 0 unspecified atom stereocenters. The van der Waals surface area contributed by atoms with E-state index >= 15 is 0 Å². The Balaban J connectivity index is 1.63. The number of amides is 1. The number of carbonyl (C=O) groups is 1. The molecule has 170 valence electrons. The van der Waals surface area contributed by atoms with Gasteiger partial charge in [0.05, 0.1) is 33.0 Å². The number of benzene rings is 2. The lowest BCUT2D eigenvalue weighted by atomic mass is 10.0. The van der Waals surface area contributed by atoms with Gasteiger partial charge in [0.15, 0.2) is 0 Å². The second kappa shape index (κ2) is 12.8. The number of aliphatic hydroxyl groups is 1. The minimum atomic E-state index is -0.419. The zero-order chi connectivity index (χ0) is 22.6. The average Bonchev–Trinajstić information content (AvgIpc) is 2.84. The summed E-state index contributed by atoms with van der Waals surface area (Å²) in [7, 11) is 0. The van der Waals surface area contributed by atoms with Crippen LogP contribution in [-0.4, -0.2) is 63.7 Å². The zero-order valence-corrected chi connectivity index (χ0v) is 18.4. The standard InChI is InChI=1S/C25H31N3O4/c26-19-22(25(30)27-9-13-31-15-16-32-14-12-29)17-20-7-8-21-5-4-6-24(23(21)18-20)28-10-2-1-3-11-28/h4-8,17-18,29H,1-3,9-16H2,(H,27,30)/b22-17+. The van der Waals surface area contributed by atoms with Crippen LogP contribution in [-0.2, 0) is 14.3 Å². The Hall–Kier alpha value is -2.92. The highest BCUT2D eigenvalue weighted by molar-refractivity contribution is 6.03. The fraction of sp³-hybridized carbons (Fsp3) is 0.440. The molecule has 0 spiro atoms. The van der Waals surface area contributed by atoms with E-state index in [9.17, 15) is 10.1 Å². The molecule has 1 aliphatic rings. The van der Waals surface area contributed by atoms with Crippen LogP contribution in [0.25, 0.3) is 16.8 Å². The molecule has 2 aromatic rings. The van der Waals surface area contributed by atoms with Crippen LogP contribution in [0, 0.1) is 11.3 Å². The van der Waals surface area contributed by atoms with E-state index in [4.69, 9.17) is 14.6 Å². The molecule has 1 aliphatic heterocycles. The molecular formula is C25H31N3O4. The van der Waals surface area contributed by atoms with E-state index in [0.717, 1.165) is 29.4 Å². The van der Waals surface area contributed by atoms with Crippen molar-refractivity contribution in [1.82, 2.24) is 5.32 Å². The van der Waals surface area contributed by atoms with E-state index in [1.54, 1.807) is 6.08 Å². The van der Waals surface area contributed by atoms with Crippen molar-refractivity contribution in [3.63, 3.8) is 0 Å². The number of aliphatic hydroxyl groups excluding tert-OH is 1. The van der Waals surface area contributed by atoms with Gasteiger partial charge in [0, 0.05) is 30.7 Å². The second-order valence-electron chi connectivity index (χ2n) is 7.68. The van der Waals surface area contributed by atoms with Gasteiger partial charge in [0.1, 0.15) is 11.6 Å². The summed E-state index contributed by atoms with van der Waals surface area (Å²) in [5.41, 5.74) is 2.09. The van der Waals surface area contributed by atoms with Crippen molar-refractivity contribution in [2.75, 3.05) is 57.6 Å². The van der Waals surface area contributed by atoms with E-state index in [1.165, 1.54) is 24.9 Å². The number of anilines is 1. The molecule has 2 N–H and O–H groups in total. The lowest BCUT2D eigenvalue weighted by molar-refractivity contribution is -0.117. The number of ether oxygens (including phenoxy) is 2. The topological polar surface area (TPSA) is 94.8 Å². The Labute approximate surface area is 189 Å². The van der Waals surface area contributed by atoms with Crippen molar-refractivity contribution >= 4 is 28.4 Å². The Kier molecular flexibility index (Phi) is 9.51. The third-order valence-corrected chi connectivity index (χ3v) is 5.40. The predicted molar refractivity (Wildman–Crippen MR) is 125 cm³/mol. The number of rotatable bonds is 11. The van der Waals surface area contributed by atoms with Crippen molar-refractivity contribution in [1.29, 1.82) is 5.26 Å². The second-order valence-corrected chi connectivity index (χ2v) is 7.68. The molecular weight excluding hydrogens is 406 g/mol. The maximum absolute atomic E-state index is 12.4. The van der Waals surface area contributed by atoms with Crippen molar-refractivity contribution in [3.8, 4) is 6.07 Å². The molecule has 1 fully saturated rings. The minimum Gasteiger partial charge on any atom is -0.394 e. The van der Waals surface area contributed by atoms with E-state index in [1.807, 2.05) is 18.2 Å². The first-order valence-electron chi connectivity index (χ1n) is 11.2. The smallest absolute Gasteiger partial charge is 0.262 e. The Bertz CT molecular complexity index is 961. The van der Waals surface area contributed by atoms with Gasteiger partial charge in [-0.05, 0) is 48.4 Å². The van der Waals surface area contributed by atoms with Gasteiger partial charge in [-0.2, -0.15) is 5.26 Å². The number of carbonyl (C=O) groups excluding carboxylic acids is 1. The van der Waals surface area contributed by atoms with Gasteiger partial charge in [-0.3, -0.25) is 4.79 Å². The molecule has 1 amide bonds. The summed E-state index contributed by atoms with van der Waals surface area (Å²) in [6, 6.07) is 14.3. The summed E-state index contributed by atoms with van der Waals surface area (Å²) >= 11 is 0.